The SMILES string of the molecule is [2H]C([2H])(c1ncsn1)C1(CC2=NCC=N2)c2ccccc2Oc2c1cccc2[Si](c1ccccc1)(c1ccccc1)c1cccc(-n2c3ccccc3n3c4ccccc4nc23)c1. The standard InChI is InChI=1S/C51H37N7OSSi/c1-3-16-36(17-4-1)61(37-18-5-2-6-19-37,38-20-13-15-35(31-38)57-43-25-10-11-26-44(43)58-42-24-9-8-23-41(42)55-50(57)58)46-28-14-22-40-49(46)59-45-27-12-7-21-39(45)51(40,32-47-52-29-30-53-47)33-48-54-34-60-56-48/h1-29,31,34H,30,32-33H2/i33D2. The van der Waals surface area contributed by atoms with Crippen LogP contribution in [0.2, 0.25) is 0 Å². The molecule has 10 aromatic rings. The number of amidine groups is 1. The topological polar surface area (TPSA) is 82.0 Å². The van der Waals surface area contributed by atoms with Crippen LogP contribution in [0.25, 0.3) is 33.5 Å². The molecule has 0 N–H and O–H groups in total. The Balaban J connectivity index is 1.19. The summed E-state index contributed by atoms with van der Waals surface area (Å²) in [6.07, 6.45) is -0.173. The van der Waals surface area contributed by atoms with Crippen LogP contribution in [0.1, 0.15) is 26.1 Å². The van der Waals surface area contributed by atoms with Crippen molar-refractivity contribution in [3.05, 3.63) is 198 Å². The third-order valence-corrected chi connectivity index (χ3v) is 17.5. The van der Waals surface area contributed by atoms with Gasteiger partial charge in [0.25, 0.3) is 0 Å². The molecule has 12 rings (SSSR count). The molecule has 0 bridgehead atoms. The molecule has 61 heavy (non-hydrogen) atoms. The van der Waals surface area contributed by atoms with Crippen molar-refractivity contribution >= 4 is 80.2 Å². The molecule has 2 aliphatic heterocycles. The highest BCUT2D eigenvalue weighted by Crippen LogP contribution is 2.51. The summed E-state index contributed by atoms with van der Waals surface area (Å²) in [5, 5.41) is 4.41. The van der Waals surface area contributed by atoms with Crippen molar-refractivity contribution < 1.29 is 7.48 Å². The predicted molar refractivity (Wildman–Crippen MR) is 249 cm³/mol. The van der Waals surface area contributed by atoms with E-state index in [0.29, 0.717) is 35.0 Å². The highest BCUT2D eigenvalue weighted by atomic mass is 32.1. The van der Waals surface area contributed by atoms with Crippen molar-refractivity contribution in [1.82, 2.24) is 23.3 Å². The Morgan fingerprint density at radius 2 is 1.38 bits per heavy atom. The highest BCUT2D eigenvalue weighted by Gasteiger charge is 2.50. The van der Waals surface area contributed by atoms with E-state index in [9.17, 15) is 2.74 Å². The van der Waals surface area contributed by atoms with Crippen LogP contribution < -0.4 is 25.5 Å². The number of imidazole rings is 2. The Labute approximate surface area is 359 Å². The maximum Gasteiger partial charge on any atom is 0.220 e. The lowest BCUT2D eigenvalue weighted by Gasteiger charge is -2.43. The maximum atomic E-state index is 10.2. The van der Waals surface area contributed by atoms with Gasteiger partial charge in [-0.3, -0.25) is 14.0 Å². The van der Waals surface area contributed by atoms with Crippen molar-refractivity contribution in [3.63, 3.8) is 0 Å². The lowest BCUT2D eigenvalue weighted by Crippen LogP contribution is -2.75. The molecule has 292 valence electrons. The van der Waals surface area contributed by atoms with Crippen molar-refractivity contribution in [2.24, 2.45) is 9.98 Å². The largest absolute Gasteiger partial charge is 0.457 e. The fourth-order valence-electron chi connectivity index (χ4n) is 9.73. The fraction of sp³-hybridized carbons (Fsp3) is 0.0784. The molecular weight excluding hydrogens is 787 g/mol. The van der Waals surface area contributed by atoms with Crippen molar-refractivity contribution in [1.29, 1.82) is 0 Å². The summed E-state index contributed by atoms with van der Waals surface area (Å²) in [4.78, 5) is 19.2. The molecule has 10 heteroatoms. The second-order valence-electron chi connectivity index (χ2n) is 15.4. The molecule has 3 aromatic heterocycles. The van der Waals surface area contributed by atoms with Gasteiger partial charge in [0, 0.05) is 44.0 Å². The van der Waals surface area contributed by atoms with E-state index in [1.165, 1.54) is 0 Å². The lowest BCUT2D eigenvalue weighted by atomic mass is 9.67. The Morgan fingerprint density at radius 1 is 0.689 bits per heavy atom. The minimum atomic E-state index is -3.42. The van der Waals surface area contributed by atoms with Gasteiger partial charge < -0.3 is 4.74 Å². The normalized spacial score (nSPS) is 16.6. The number of hydrogen-bond donors (Lipinski definition) is 0. The molecule has 0 fully saturated rings. The zero-order valence-corrected chi connectivity index (χ0v) is 34.6. The van der Waals surface area contributed by atoms with E-state index in [1.54, 1.807) is 11.7 Å². The van der Waals surface area contributed by atoms with Gasteiger partial charge in [0.2, 0.25) is 5.78 Å². The molecular formula is C51H37N7OSSi. The highest BCUT2D eigenvalue weighted by molar-refractivity contribution is 7.20. The van der Waals surface area contributed by atoms with Gasteiger partial charge in [0.05, 0.1) is 28.6 Å². The minimum Gasteiger partial charge on any atom is -0.457 e. The summed E-state index contributed by atoms with van der Waals surface area (Å²) < 4.78 is 36.9. The summed E-state index contributed by atoms with van der Waals surface area (Å²) in [7, 11) is -3.42. The van der Waals surface area contributed by atoms with E-state index >= 15 is 0 Å². The van der Waals surface area contributed by atoms with E-state index in [4.69, 9.17) is 19.7 Å². The molecule has 1 unspecified atom stereocenters. The molecule has 0 amide bonds. The number of rotatable bonds is 9. The first kappa shape index (κ1) is 33.5. The van der Waals surface area contributed by atoms with Crippen LogP contribution in [0, 0.1) is 0 Å². The van der Waals surface area contributed by atoms with Gasteiger partial charge in [-0.05, 0) is 74.7 Å². The summed E-state index contributed by atoms with van der Waals surface area (Å²) in [6, 6.07) is 61.3. The summed E-state index contributed by atoms with van der Waals surface area (Å²) >= 11 is 1.14. The monoisotopic (exact) mass is 825 g/mol. The smallest absolute Gasteiger partial charge is 0.220 e. The van der Waals surface area contributed by atoms with Crippen LogP contribution in [0.3, 0.4) is 0 Å². The number of nitrogens with zero attached hydrogens (tertiary/aromatic N) is 7. The quantitative estimate of drug-likeness (QED) is 0.109. The first-order valence-corrected chi connectivity index (χ1v) is 23.2. The number of para-hydroxylation sites is 6. The predicted octanol–water partition coefficient (Wildman–Crippen LogP) is 8.17. The van der Waals surface area contributed by atoms with Gasteiger partial charge in [0.15, 0.2) is 8.07 Å². The third kappa shape index (κ3) is 5.45. The molecule has 5 heterocycles. The van der Waals surface area contributed by atoms with Crippen molar-refractivity contribution in [3.8, 4) is 17.2 Å². The van der Waals surface area contributed by atoms with Gasteiger partial charge in [-0.15, -0.1) is 0 Å². The van der Waals surface area contributed by atoms with Gasteiger partial charge >= 0.3 is 0 Å². The molecule has 1 atom stereocenters. The Kier molecular flexibility index (Phi) is 7.80. The third-order valence-electron chi connectivity index (χ3n) is 12.2. The molecule has 8 nitrogen and oxygen atoms in total. The number of aliphatic imine (C=N–C) groups is 2. The average Bonchev–Trinajstić information content (AvgIpc) is 4.17. The minimum absolute atomic E-state index is 0.113. The van der Waals surface area contributed by atoms with E-state index < -0.39 is 19.9 Å². The van der Waals surface area contributed by atoms with Crippen LogP contribution in [-0.2, 0) is 11.8 Å². The summed E-state index contributed by atoms with van der Waals surface area (Å²) in [5.41, 5.74) is 6.68. The Morgan fingerprint density at radius 3 is 2.15 bits per heavy atom. The molecule has 7 aromatic carbocycles. The van der Waals surface area contributed by atoms with Crippen LogP contribution >= 0.6 is 11.5 Å². The molecule has 0 aliphatic carbocycles. The Bertz CT molecular complexity index is 3400. The number of benzene rings is 7. The van der Waals surface area contributed by atoms with E-state index in [1.807, 2.05) is 36.4 Å². The molecule has 0 saturated heterocycles. The second kappa shape index (κ2) is 14.2. The fourth-order valence-corrected chi connectivity index (χ4v) is 15.0. The first-order chi connectivity index (χ1) is 31.0. The molecule has 0 saturated carbocycles. The number of ether oxygens (including phenoxy) is 1. The van der Waals surface area contributed by atoms with E-state index in [2.05, 4.69) is 158 Å². The second-order valence-corrected chi connectivity index (χ2v) is 19.8. The van der Waals surface area contributed by atoms with Crippen molar-refractivity contribution in [2.45, 2.75) is 18.2 Å². The first-order valence-electron chi connectivity index (χ1n) is 21.3. The van der Waals surface area contributed by atoms with Gasteiger partial charge in [-0.2, -0.15) is 4.37 Å². The van der Waals surface area contributed by atoms with Gasteiger partial charge in [0.1, 0.15) is 28.7 Å². The van der Waals surface area contributed by atoms with Crippen molar-refractivity contribution in [2.75, 3.05) is 6.54 Å². The van der Waals surface area contributed by atoms with Crippen LogP contribution in [0.5, 0.6) is 11.5 Å². The maximum absolute atomic E-state index is 10.2. The zero-order valence-electron chi connectivity index (χ0n) is 34.8. The van der Waals surface area contributed by atoms with E-state index in [0.717, 1.165) is 65.8 Å². The van der Waals surface area contributed by atoms with E-state index in [-0.39, 0.29) is 12.2 Å². The van der Waals surface area contributed by atoms with Gasteiger partial charge in [-0.25, -0.2) is 15.0 Å². The number of aromatic nitrogens is 5. The molecule has 0 radical (unpaired) electrons. The van der Waals surface area contributed by atoms with Crippen LogP contribution in [-0.4, -0.2) is 50.0 Å². The average molecular weight is 826 g/mol. The molecule has 2 aliphatic rings. The van der Waals surface area contributed by atoms with Gasteiger partial charge in [-0.1, -0.05) is 133 Å². The number of fused-ring (bicyclic) bond motifs is 7. The van der Waals surface area contributed by atoms with Crippen LogP contribution in [0.4, 0.5) is 0 Å². The number of hydrogen-bond acceptors (Lipinski definition) is 7. The Hall–Kier alpha value is -7.27. The van der Waals surface area contributed by atoms with Crippen LogP contribution in [0.15, 0.2) is 191 Å². The zero-order chi connectivity index (χ0) is 42.2. The summed E-state index contributed by atoms with van der Waals surface area (Å²) in [6.45, 7) is 0.445. The lowest BCUT2D eigenvalue weighted by molar-refractivity contribution is 0.392. The molecule has 0 spiro atoms. The summed E-state index contributed by atoms with van der Waals surface area (Å²) in [5.74, 6) is 2.71.